The fourth-order valence-electron chi connectivity index (χ4n) is 2.07. The summed E-state index contributed by atoms with van der Waals surface area (Å²) in [5.74, 6) is -0.969. The second-order valence-electron chi connectivity index (χ2n) is 5.95. The van der Waals surface area contributed by atoms with Gasteiger partial charge in [0.1, 0.15) is 5.69 Å². The number of carbonyl (C=O) groups excluding carboxylic acids is 3. The van der Waals surface area contributed by atoms with Crippen molar-refractivity contribution in [1.82, 2.24) is 15.6 Å². The number of ether oxygens (including phenoxy) is 1. The zero-order valence-electron chi connectivity index (χ0n) is 14.2. The fourth-order valence-corrected chi connectivity index (χ4v) is 2.07. The minimum atomic E-state index is -0.721. The summed E-state index contributed by atoms with van der Waals surface area (Å²) in [6.45, 7) is 3.98. The number of pyridine rings is 1. The van der Waals surface area contributed by atoms with Gasteiger partial charge in [0.25, 0.3) is 5.91 Å². The molecule has 2 rings (SSSR count). The Morgan fingerprint density at radius 2 is 1.88 bits per heavy atom. The van der Waals surface area contributed by atoms with Crippen LogP contribution in [0.1, 0.15) is 30.8 Å². The summed E-state index contributed by atoms with van der Waals surface area (Å²) in [7, 11) is 0. The summed E-state index contributed by atoms with van der Waals surface area (Å²) in [6, 6.07) is 10.0. The van der Waals surface area contributed by atoms with Gasteiger partial charge in [0.15, 0.2) is 6.61 Å². The number of nitrogens with one attached hydrogen (secondary N) is 2. The van der Waals surface area contributed by atoms with Crippen LogP contribution >= 0.6 is 0 Å². The molecule has 0 saturated carbocycles. The van der Waals surface area contributed by atoms with Gasteiger partial charge in [0, 0.05) is 11.9 Å². The first-order valence-electron chi connectivity index (χ1n) is 8.06. The predicted molar refractivity (Wildman–Crippen MR) is 93.0 cm³/mol. The summed E-state index contributed by atoms with van der Waals surface area (Å²) in [5.41, 5.74) is 0.763. The molecular formula is C18H21N3O4. The topological polar surface area (TPSA) is 97.4 Å². The van der Waals surface area contributed by atoms with Gasteiger partial charge in [-0.15, -0.1) is 0 Å². The van der Waals surface area contributed by atoms with E-state index in [4.69, 9.17) is 4.74 Å². The summed E-state index contributed by atoms with van der Waals surface area (Å²) < 4.78 is 4.89. The van der Waals surface area contributed by atoms with Crippen LogP contribution in [-0.2, 0) is 9.53 Å². The lowest BCUT2D eigenvalue weighted by atomic mass is 10.1. The zero-order valence-corrected chi connectivity index (χ0v) is 14.2. The second kappa shape index (κ2) is 8.77. The van der Waals surface area contributed by atoms with Crippen LogP contribution in [0.3, 0.4) is 0 Å². The van der Waals surface area contributed by atoms with E-state index in [-0.39, 0.29) is 5.69 Å². The maximum atomic E-state index is 12.0. The van der Waals surface area contributed by atoms with Gasteiger partial charge in [0.2, 0.25) is 0 Å². The van der Waals surface area contributed by atoms with Crippen LogP contribution in [0, 0.1) is 5.92 Å². The Hall–Kier alpha value is -2.96. The number of imide groups is 1. The van der Waals surface area contributed by atoms with Crippen molar-refractivity contribution in [2.75, 3.05) is 13.2 Å². The number of hydrogen-bond donors (Lipinski definition) is 2. The number of esters is 1. The number of carbonyl (C=O) groups is 3. The van der Waals surface area contributed by atoms with Gasteiger partial charge in [-0.3, -0.25) is 10.1 Å². The average molecular weight is 343 g/mol. The first-order valence-corrected chi connectivity index (χ1v) is 8.06. The van der Waals surface area contributed by atoms with Gasteiger partial charge >= 0.3 is 12.0 Å². The van der Waals surface area contributed by atoms with Crippen LogP contribution in [0.15, 0.2) is 36.4 Å². The molecule has 0 saturated heterocycles. The van der Waals surface area contributed by atoms with Crippen molar-refractivity contribution in [3.05, 3.63) is 42.1 Å². The number of amides is 3. The van der Waals surface area contributed by atoms with Crippen molar-refractivity contribution in [1.29, 1.82) is 0 Å². The van der Waals surface area contributed by atoms with E-state index in [1.807, 2.05) is 32.0 Å². The zero-order chi connectivity index (χ0) is 18.2. The SMILES string of the molecule is CC(C)CCNC(=O)NC(=O)COC(=O)c1ccc2ccccc2n1. The first kappa shape index (κ1) is 18.4. The van der Waals surface area contributed by atoms with Gasteiger partial charge in [-0.25, -0.2) is 14.6 Å². The average Bonchev–Trinajstić information content (AvgIpc) is 2.58. The van der Waals surface area contributed by atoms with Crippen molar-refractivity contribution in [2.45, 2.75) is 20.3 Å². The normalized spacial score (nSPS) is 10.5. The van der Waals surface area contributed by atoms with E-state index in [0.29, 0.717) is 18.0 Å². The first-order chi connectivity index (χ1) is 12.0. The quantitative estimate of drug-likeness (QED) is 0.784. The Morgan fingerprint density at radius 1 is 1.12 bits per heavy atom. The highest BCUT2D eigenvalue weighted by Crippen LogP contribution is 2.12. The number of hydrogen-bond acceptors (Lipinski definition) is 5. The minimum Gasteiger partial charge on any atom is -0.451 e. The van der Waals surface area contributed by atoms with Crippen LogP contribution in [0.25, 0.3) is 10.9 Å². The highest BCUT2D eigenvalue weighted by atomic mass is 16.5. The van der Waals surface area contributed by atoms with Crippen molar-refractivity contribution >= 4 is 28.8 Å². The molecule has 0 aliphatic heterocycles. The summed E-state index contributed by atoms with van der Waals surface area (Å²) in [4.78, 5) is 39.3. The Bertz CT molecular complexity index is 774. The van der Waals surface area contributed by atoms with Crippen LogP contribution < -0.4 is 10.6 Å². The van der Waals surface area contributed by atoms with E-state index in [1.165, 1.54) is 6.07 Å². The number of urea groups is 1. The van der Waals surface area contributed by atoms with E-state index < -0.39 is 24.5 Å². The fraction of sp³-hybridized carbons (Fsp3) is 0.333. The smallest absolute Gasteiger partial charge is 0.357 e. The molecule has 0 bridgehead atoms. The van der Waals surface area contributed by atoms with Gasteiger partial charge in [-0.2, -0.15) is 0 Å². The van der Waals surface area contributed by atoms with Crippen molar-refractivity contribution < 1.29 is 19.1 Å². The molecular weight excluding hydrogens is 322 g/mol. The van der Waals surface area contributed by atoms with Crippen LogP contribution in [0.2, 0.25) is 0 Å². The third-order valence-electron chi connectivity index (χ3n) is 3.40. The molecule has 0 fully saturated rings. The third-order valence-corrected chi connectivity index (χ3v) is 3.40. The lowest BCUT2D eigenvalue weighted by molar-refractivity contribution is -0.123. The molecule has 2 N–H and O–H groups in total. The molecule has 0 aliphatic carbocycles. The third kappa shape index (κ3) is 5.87. The molecule has 0 spiro atoms. The molecule has 1 heterocycles. The molecule has 0 unspecified atom stereocenters. The van der Waals surface area contributed by atoms with Crippen LogP contribution in [0.5, 0.6) is 0 Å². The second-order valence-corrected chi connectivity index (χ2v) is 5.95. The maximum absolute atomic E-state index is 12.0. The largest absolute Gasteiger partial charge is 0.451 e. The van der Waals surface area contributed by atoms with E-state index in [9.17, 15) is 14.4 Å². The minimum absolute atomic E-state index is 0.105. The number of para-hydroxylation sites is 1. The number of benzene rings is 1. The molecule has 0 radical (unpaired) electrons. The van der Waals surface area contributed by atoms with Crippen molar-refractivity contribution in [3.8, 4) is 0 Å². The van der Waals surface area contributed by atoms with Gasteiger partial charge < -0.3 is 10.1 Å². The standard InChI is InChI=1S/C18H21N3O4/c1-12(2)9-10-19-18(24)21-16(22)11-25-17(23)15-8-7-13-5-3-4-6-14(13)20-15/h3-8,12H,9-11H2,1-2H3,(H2,19,21,22,24). The summed E-state index contributed by atoms with van der Waals surface area (Å²) in [6.07, 6.45) is 0.810. The molecule has 132 valence electrons. The molecule has 7 nitrogen and oxygen atoms in total. The van der Waals surface area contributed by atoms with Crippen LogP contribution in [-0.4, -0.2) is 36.0 Å². The lowest BCUT2D eigenvalue weighted by Gasteiger charge is -2.08. The highest BCUT2D eigenvalue weighted by Gasteiger charge is 2.14. The molecule has 3 amide bonds. The van der Waals surface area contributed by atoms with Crippen molar-refractivity contribution in [3.63, 3.8) is 0 Å². The maximum Gasteiger partial charge on any atom is 0.357 e. The molecule has 1 aromatic heterocycles. The number of nitrogens with zero attached hydrogens (tertiary/aromatic N) is 1. The van der Waals surface area contributed by atoms with Crippen molar-refractivity contribution in [2.24, 2.45) is 5.92 Å². The van der Waals surface area contributed by atoms with Crippen LogP contribution in [0.4, 0.5) is 4.79 Å². The molecule has 1 aromatic carbocycles. The Kier molecular flexibility index (Phi) is 6.45. The van der Waals surface area contributed by atoms with Gasteiger partial charge in [0.05, 0.1) is 5.52 Å². The number of aromatic nitrogens is 1. The molecule has 0 atom stereocenters. The lowest BCUT2D eigenvalue weighted by Crippen LogP contribution is -2.42. The molecule has 2 aromatic rings. The monoisotopic (exact) mass is 343 g/mol. The highest BCUT2D eigenvalue weighted by molar-refractivity contribution is 5.97. The van der Waals surface area contributed by atoms with E-state index in [2.05, 4.69) is 15.6 Å². The Balaban J connectivity index is 1.80. The molecule has 25 heavy (non-hydrogen) atoms. The predicted octanol–water partition coefficient (Wildman–Crippen LogP) is 2.26. The van der Waals surface area contributed by atoms with Gasteiger partial charge in [-0.1, -0.05) is 38.1 Å². The Labute approximate surface area is 145 Å². The van der Waals surface area contributed by atoms with E-state index in [1.54, 1.807) is 12.1 Å². The van der Waals surface area contributed by atoms with E-state index >= 15 is 0 Å². The number of rotatable bonds is 6. The summed E-state index contributed by atoms with van der Waals surface area (Å²) >= 11 is 0. The Morgan fingerprint density at radius 3 is 2.64 bits per heavy atom. The molecule has 0 aliphatic rings. The summed E-state index contributed by atoms with van der Waals surface area (Å²) in [5, 5.41) is 5.56. The number of fused-ring (bicyclic) bond motifs is 1. The molecule has 7 heteroatoms. The van der Waals surface area contributed by atoms with Gasteiger partial charge in [-0.05, 0) is 24.5 Å². The van der Waals surface area contributed by atoms with E-state index in [0.717, 1.165) is 11.8 Å².